The van der Waals surface area contributed by atoms with Crippen LogP contribution in [0.15, 0.2) is 30.6 Å². The van der Waals surface area contributed by atoms with Crippen molar-refractivity contribution < 1.29 is 4.79 Å². The average molecular weight is 327 g/mol. The van der Waals surface area contributed by atoms with Gasteiger partial charge >= 0.3 is 6.03 Å². The number of carbonyl (C=O) groups excluding carboxylic acids is 1. The number of rotatable bonds is 3. The minimum atomic E-state index is -0.181. The Hall–Kier alpha value is -2.37. The van der Waals surface area contributed by atoms with Gasteiger partial charge in [0.15, 0.2) is 5.82 Å². The molecule has 1 aliphatic rings. The van der Waals surface area contributed by atoms with Crippen LogP contribution in [0, 0.1) is 5.41 Å². The van der Waals surface area contributed by atoms with Gasteiger partial charge < -0.3 is 10.6 Å². The zero-order valence-electron chi connectivity index (χ0n) is 14.5. The molecule has 6 nitrogen and oxygen atoms in total. The Kier molecular flexibility index (Phi) is 4.55. The van der Waals surface area contributed by atoms with Gasteiger partial charge in [-0.3, -0.25) is 4.68 Å². The molecular formula is C18H25N5O. The van der Waals surface area contributed by atoms with Crippen molar-refractivity contribution >= 4 is 6.03 Å². The van der Waals surface area contributed by atoms with Crippen LogP contribution in [-0.2, 0) is 20.0 Å². The van der Waals surface area contributed by atoms with Crippen LogP contribution in [0.2, 0.25) is 0 Å². The van der Waals surface area contributed by atoms with E-state index in [2.05, 4.69) is 52.8 Å². The quantitative estimate of drug-likeness (QED) is 0.852. The second-order valence-electron chi connectivity index (χ2n) is 7.28. The number of nitrogens with zero attached hydrogens (tertiary/aromatic N) is 3. The van der Waals surface area contributed by atoms with E-state index in [4.69, 9.17) is 0 Å². The van der Waals surface area contributed by atoms with Gasteiger partial charge in [0, 0.05) is 7.05 Å². The van der Waals surface area contributed by atoms with Crippen molar-refractivity contribution in [2.45, 2.75) is 45.7 Å². The second-order valence-corrected chi connectivity index (χ2v) is 7.28. The SMILES string of the molecule is Cn1cnc(CNC(=O)N[C@@H]2CC(C)(C)CCc3ccccc32)n1. The maximum Gasteiger partial charge on any atom is 0.315 e. The summed E-state index contributed by atoms with van der Waals surface area (Å²) in [4.78, 5) is 16.5. The second kappa shape index (κ2) is 6.63. The topological polar surface area (TPSA) is 71.8 Å². The van der Waals surface area contributed by atoms with Crippen LogP contribution in [0.25, 0.3) is 0 Å². The van der Waals surface area contributed by atoms with Crippen molar-refractivity contribution in [3.63, 3.8) is 0 Å². The van der Waals surface area contributed by atoms with Crippen molar-refractivity contribution in [2.24, 2.45) is 12.5 Å². The van der Waals surface area contributed by atoms with Gasteiger partial charge in [-0.2, -0.15) is 5.10 Å². The molecule has 3 rings (SSSR count). The molecule has 128 valence electrons. The van der Waals surface area contributed by atoms with Crippen molar-refractivity contribution in [2.75, 3.05) is 0 Å². The van der Waals surface area contributed by atoms with E-state index in [-0.39, 0.29) is 17.5 Å². The predicted octanol–water partition coefficient (Wildman–Crippen LogP) is 2.72. The number of hydrogen-bond donors (Lipinski definition) is 2. The largest absolute Gasteiger partial charge is 0.331 e. The molecule has 1 aromatic heterocycles. The number of nitrogens with one attached hydrogen (secondary N) is 2. The number of aryl methyl sites for hydroxylation is 2. The molecule has 2 amide bonds. The number of aromatic nitrogens is 3. The summed E-state index contributed by atoms with van der Waals surface area (Å²) in [5.74, 6) is 0.606. The van der Waals surface area contributed by atoms with Crippen LogP contribution < -0.4 is 10.6 Å². The van der Waals surface area contributed by atoms with E-state index < -0.39 is 0 Å². The Morgan fingerprint density at radius 2 is 2.17 bits per heavy atom. The monoisotopic (exact) mass is 327 g/mol. The standard InChI is InChI=1S/C18H25N5O/c1-18(2)9-8-13-6-4-5-7-14(13)15(10-18)21-17(24)19-11-16-20-12-23(3)22-16/h4-7,12,15H,8-11H2,1-3H3,(H2,19,21,24)/t15-/m1/s1. The third-order valence-corrected chi connectivity index (χ3v) is 4.62. The lowest BCUT2D eigenvalue weighted by Gasteiger charge is -2.27. The van der Waals surface area contributed by atoms with Gasteiger partial charge in [-0.1, -0.05) is 38.1 Å². The number of fused-ring (bicyclic) bond motifs is 1. The number of benzene rings is 1. The zero-order chi connectivity index (χ0) is 17.2. The lowest BCUT2D eigenvalue weighted by Crippen LogP contribution is -2.39. The summed E-state index contributed by atoms with van der Waals surface area (Å²) in [6.07, 6.45) is 4.74. The number of hydrogen-bond acceptors (Lipinski definition) is 3. The van der Waals surface area contributed by atoms with Crippen LogP contribution in [0.4, 0.5) is 4.79 Å². The maximum atomic E-state index is 12.3. The molecule has 0 radical (unpaired) electrons. The third-order valence-electron chi connectivity index (χ3n) is 4.62. The number of urea groups is 1. The van der Waals surface area contributed by atoms with Gasteiger partial charge in [0.1, 0.15) is 6.33 Å². The lowest BCUT2D eigenvalue weighted by atomic mass is 9.83. The molecule has 0 unspecified atom stereocenters. The van der Waals surface area contributed by atoms with Gasteiger partial charge in [0.25, 0.3) is 0 Å². The summed E-state index contributed by atoms with van der Waals surface area (Å²) in [6.45, 7) is 4.86. The first-order valence-corrected chi connectivity index (χ1v) is 8.40. The van der Waals surface area contributed by atoms with Crippen LogP contribution in [-0.4, -0.2) is 20.8 Å². The molecule has 6 heteroatoms. The van der Waals surface area contributed by atoms with Crippen LogP contribution >= 0.6 is 0 Å². The number of carbonyl (C=O) groups is 1. The fourth-order valence-corrected chi connectivity index (χ4v) is 3.30. The van der Waals surface area contributed by atoms with Gasteiger partial charge in [-0.25, -0.2) is 9.78 Å². The van der Waals surface area contributed by atoms with Crippen LogP contribution in [0.3, 0.4) is 0 Å². The molecule has 1 atom stereocenters. The molecule has 0 saturated heterocycles. The van der Waals surface area contributed by atoms with E-state index in [9.17, 15) is 4.79 Å². The maximum absolute atomic E-state index is 12.3. The third kappa shape index (κ3) is 3.93. The minimum Gasteiger partial charge on any atom is -0.331 e. The smallest absolute Gasteiger partial charge is 0.315 e. The molecule has 0 aliphatic heterocycles. The van der Waals surface area contributed by atoms with Gasteiger partial charge in [-0.05, 0) is 35.8 Å². The Bertz CT molecular complexity index is 722. The fraction of sp³-hybridized carbons (Fsp3) is 0.500. The predicted molar refractivity (Wildman–Crippen MR) is 92.3 cm³/mol. The van der Waals surface area contributed by atoms with Crippen LogP contribution in [0.1, 0.15) is 49.7 Å². The molecule has 2 aromatic rings. The Morgan fingerprint density at radius 1 is 1.38 bits per heavy atom. The first-order chi connectivity index (χ1) is 11.4. The number of amides is 2. The summed E-state index contributed by atoms with van der Waals surface area (Å²) in [5.41, 5.74) is 2.76. The van der Waals surface area contributed by atoms with E-state index in [1.807, 2.05) is 6.07 Å². The zero-order valence-corrected chi connectivity index (χ0v) is 14.5. The normalized spacial score (nSPS) is 19.2. The Morgan fingerprint density at radius 3 is 2.92 bits per heavy atom. The summed E-state index contributed by atoms with van der Waals surface area (Å²) in [6, 6.07) is 8.25. The van der Waals surface area contributed by atoms with Gasteiger partial charge in [-0.15, -0.1) is 0 Å². The Labute approximate surface area is 142 Å². The molecule has 0 bridgehead atoms. The lowest BCUT2D eigenvalue weighted by molar-refractivity contribution is 0.226. The van der Waals surface area contributed by atoms with Crippen molar-refractivity contribution in [1.82, 2.24) is 25.4 Å². The molecule has 1 heterocycles. The van der Waals surface area contributed by atoms with Crippen molar-refractivity contribution in [1.29, 1.82) is 0 Å². The van der Waals surface area contributed by atoms with E-state index in [1.54, 1.807) is 18.1 Å². The van der Waals surface area contributed by atoms with Crippen molar-refractivity contribution in [3.8, 4) is 0 Å². The summed E-state index contributed by atoms with van der Waals surface area (Å²) in [7, 11) is 1.81. The van der Waals surface area contributed by atoms with E-state index in [0.29, 0.717) is 12.4 Å². The van der Waals surface area contributed by atoms with Gasteiger partial charge in [0.05, 0.1) is 12.6 Å². The first kappa shape index (κ1) is 16.5. The van der Waals surface area contributed by atoms with E-state index >= 15 is 0 Å². The minimum absolute atomic E-state index is 0.0235. The summed E-state index contributed by atoms with van der Waals surface area (Å²) in [5, 5.41) is 10.2. The highest BCUT2D eigenvalue weighted by Gasteiger charge is 2.30. The molecule has 1 aliphatic carbocycles. The average Bonchev–Trinajstić information content (AvgIpc) is 2.90. The summed E-state index contributed by atoms with van der Waals surface area (Å²) < 4.78 is 1.62. The van der Waals surface area contributed by atoms with E-state index in [0.717, 1.165) is 19.3 Å². The molecule has 0 fully saturated rings. The molecule has 24 heavy (non-hydrogen) atoms. The fourth-order valence-electron chi connectivity index (χ4n) is 3.30. The Balaban J connectivity index is 1.68. The molecule has 2 N–H and O–H groups in total. The molecule has 0 spiro atoms. The molecular weight excluding hydrogens is 302 g/mol. The highest BCUT2D eigenvalue weighted by molar-refractivity contribution is 5.74. The van der Waals surface area contributed by atoms with Gasteiger partial charge in [0.2, 0.25) is 0 Å². The van der Waals surface area contributed by atoms with Crippen LogP contribution in [0.5, 0.6) is 0 Å². The highest BCUT2D eigenvalue weighted by atomic mass is 16.2. The highest BCUT2D eigenvalue weighted by Crippen LogP contribution is 2.39. The van der Waals surface area contributed by atoms with Crippen molar-refractivity contribution in [3.05, 3.63) is 47.5 Å². The summed E-state index contributed by atoms with van der Waals surface area (Å²) >= 11 is 0. The molecule has 1 aromatic carbocycles. The molecule has 0 saturated carbocycles. The van der Waals surface area contributed by atoms with E-state index in [1.165, 1.54) is 11.1 Å². The first-order valence-electron chi connectivity index (χ1n) is 8.40.